The lowest BCUT2D eigenvalue weighted by atomic mass is 10.1. The largest absolute Gasteiger partial charge is 0.439 e. The number of ether oxygens (including phenoxy) is 1. The first-order valence-electron chi connectivity index (χ1n) is 8.39. The molecule has 0 saturated heterocycles. The molecule has 4 rings (SSSR count). The third-order valence-electron chi connectivity index (χ3n) is 4.08. The van der Waals surface area contributed by atoms with E-state index in [0.717, 1.165) is 0 Å². The fraction of sp³-hybridized carbons (Fsp3) is 0.100. The summed E-state index contributed by atoms with van der Waals surface area (Å²) in [5, 5.41) is 0.688. The minimum absolute atomic E-state index is 0.152. The Morgan fingerprint density at radius 3 is 2.48 bits per heavy atom. The van der Waals surface area contributed by atoms with Crippen LogP contribution in [0.1, 0.15) is 11.3 Å². The van der Waals surface area contributed by atoms with Crippen molar-refractivity contribution in [1.82, 2.24) is 15.0 Å². The van der Waals surface area contributed by atoms with E-state index in [9.17, 15) is 18.0 Å². The quantitative estimate of drug-likeness (QED) is 0.462. The first-order chi connectivity index (χ1) is 13.8. The molecule has 4 aromatic rings. The molecule has 0 aliphatic carbocycles. The predicted octanol–water partition coefficient (Wildman–Crippen LogP) is 4.76. The molecule has 29 heavy (non-hydrogen) atoms. The van der Waals surface area contributed by atoms with Crippen LogP contribution in [0.3, 0.4) is 0 Å². The maximum Gasteiger partial charge on any atom is 0.433 e. The smallest absolute Gasteiger partial charge is 0.433 e. The predicted molar refractivity (Wildman–Crippen MR) is 97.6 cm³/mol. The molecule has 3 aromatic heterocycles. The van der Waals surface area contributed by atoms with Gasteiger partial charge in [0.05, 0.1) is 0 Å². The highest BCUT2D eigenvalue weighted by molar-refractivity contribution is 5.81. The first kappa shape index (κ1) is 18.6. The Hall–Kier alpha value is -3.75. The van der Waals surface area contributed by atoms with Gasteiger partial charge in [-0.2, -0.15) is 18.2 Å². The van der Waals surface area contributed by atoms with E-state index >= 15 is 0 Å². The minimum Gasteiger partial charge on any atom is -0.439 e. The lowest BCUT2D eigenvalue weighted by Gasteiger charge is -2.11. The monoisotopic (exact) mass is 399 g/mol. The molecule has 0 aliphatic rings. The molecule has 9 heteroatoms. The first-order valence-corrected chi connectivity index (χ1v) is 8.39. The third kappa shape index (κ3) is 3.93. The van der Waals surface area contributed by atoms with Gasteiger partial charge in [0.1, 0.15) is 11.3 Å². The molecule has 0 amide bonds. The Labute approximate surface area is 161 Å². The van der Waals surface area contributed by atoms with Crippen LogP contribution in [-0.4, -0.2) is 15.0 Å². The highest BCUT2D eigenvalue weighted by atomic mass is 19.4. The van der Waals surface area contributed by atoms with Crippen molar-refractivity contribution in [2.75, 3.05) is 0 Å². The SMILES string of the molecule is Cc1cc(=O)oc2cc(Oc3cc(C(F)(F)F)nc(-c4ccncc4)n3)ccc12. The van der Waals surface area contributed by atoms with E-state index in [1.54, 1.807) is 19.1 Å². The Balaban J connectivity index is 1.78. The van der Waals surface area contributed by atoms with Gasteiger partial charge in [-0.05, 0) is 36.8 Å². The van der Waals surface area contributed by atoms with Gasteiger partial charge in [-0.1, -0.05) is 0 Å². The van der Waals surface area contributed by atoms with Crippen molar-refractivity contribution < 1.29 is 22.3 Å². The van der Waals surface area contributed by atoms with Gasteiger partial charge in [-0.15, -0.1) is 0 Å². The molecular formula is C20H12F3N3O3. The fourth-order valence-electron chi connectivity index (χ4n) is 2.74. The van der Waals surface area contributed by atoms with Crippen LogP contribution in [0.15, 0.2) is 64.1 Å². The zero-order valence-electron chi connectivity index (χ0n) is 14.9. The molecule has 146 valence electrons. The Bertz CT molecular complexity index is 1250. The van der Waals surface area contributed by atoms with Crippen molar-refractivity contribution in [2.24, 2.45) is 0 Å². The number of aryl methyl sites for hydroxylation is 1. The molecular weight excluding hydrogens is 387 g/mol. The summed E-state index contributed by atoms with van der Waals surface area (Å²) in [6.45, 7) is 1.75. The number of hydrogen-bond donors (Lipinski definition) is 0. The van der Waals surface area contributed by atoms with E-state index in [1.165, 1.54) is 36.7 Å². The number of pyridine rings is 1. The molecule has 0 spiro atoms. The molecule has 0 bridgehead atoms. The van der Waals surface area contributed by atoms with Gasteiger partial charge in [0.25, 0.3) is 0 Å². The molecule has 0 fully saturated rings. The molecule has 0 aliphatic heterocycles. The third-order valence-corrected chi connectivity index (χ3v) is 4.08. The van der Waals surface area contributed by atoms with Crippen LogP contribution in [0.25, 0.3) is 22.4 Å². The van der Waals surface area contributed by atoms with E-state index in [-0.39, 0.29) is 23.0 Å². The second-order valence-electron chi connectivity index (χ2n) is 6.16. The van der Waals surface area contributed by atoms with E-state index < -0.39 is 17.5 Å². The summed E-state index contributed by atoms with van der Waals surface area (Å²) in [6, 6.07) is 9.67. The second kappa shape index (κ2) is 7.01. The standard InChI is InChI=1S/C20H12F3N3O3/c1-11-8-18(27)29-15-9-13(2-3-14(11)15)28-17-10-16(20(21,22)23)25-19(26-17)12-4-6-24-7-5-12/h2-10H,1H3. The zero-order chi connectivity index (χ0) is 20.6. The molecule has 0 saturated carbocycles. The van der Waals surface area contributed by atoms with Gasteiger partial charge in [-0.3, -0.25) is 4.98 Å². The van der Waals surface area contributed by atoms with Crippen molar-refractivity contribution in [2.45, 2.75) is 13.1 Å². The lowest BCUT2D eigenvalue weighted by molar-refractivity contribution is -0.141. The van der Waals surface area contributed by atoms with Gasteiger partial charge in [0.15, 0.2) is 11.5 Å². The molecule has 0 radical (unpaired) electrons. The minimum atomic E-state index is -4.68. The Morgan fingerprint density at radius 1 is 1.00 bits per heavy atom. The number of hydrogen-bond acceptors (Lipinski definition) is 6. The number of alkyl halides is 3. The summed E-state index contributed by atoms with van der Waals surface area (Å²) in [7, 11) is 0. The molecule has 0 N–H and O–H groups in total. The van der Waals surface area contributed by atoms with Crippen molar-refractivity contribution in [3.63, 3.8) is 0 Å². The van der Waals surface area contributed by atoms with E-state index in [2.05, 4.69) is 15.0 Å². The van der Waals surface area contributed by atoms with Crippen LogP contribution in [0.2, 0.25) is 0 Å². The number of rotatable bonds is 3. The highest BCUT2D eigenvalue weighted by Crippen LogP contribution is 2.33. The molecule has 0 atom stereocenters. The van der Waals surface area contributed by atoms with Crippen molar-refractivity contribution in [3.05, 3.63) is 76.5 Å². The van der Waals surface area contributed by atoms with Crippen LogP contribution in [-0.2, 0) is 6.18 Å². The van der Waals surface area contributed by atoms with E-state index in [0.29, 0.717) is 22.6 Å². The van der Waals surface area contributed by atoms with Crippen LogP contribution < -0.4 is 10.4 Å². The summed E-state index contributed by atoms with van der Waals surface area (Å²) >= 11 is 0. The van der Waals surface area contributed by atoms with Crippen molar-refractivity contribution >= 4 is 11.0 Å². The summed E-state index contributed by atoms with van der Waals surface area (Å²) < 4.78 is 50.5. The van der Waals surface area contributed by atoms with Crippen LogP contribution in [0.5, 0.6) is 11.6 Å². The highest BCUT2D eigenvalue weighted by Gasteiger charge is 2.34. The summed E-state index contributed by atoms with van der Waals surface area (Å²) in [4.78, 5) is 23.1. The number of fused-ring (bicyclic) bond motifs is 1. The van der Waals surface area contributed by atoms with Crippen LogP contribution in [0, 0.1) is 6.92 Å². The fourth-order valence-corrected chi connectivity index (χ4v) is 2.74. The lowest BCUT2D eigenvalue weighted by Crippen LogP contribution is -2.10. The Kier molecular flexibility index (Phi) is 4.50. The number of halogens is 3. The maximum absolute atomic E-state index is 13.3. The second-order valence-corrected chi connectivity index (χ2v) is 6.16. The molecule has 0 unspecified atom stereocenters. The molecule has 6 nitrogen and oxygen atoms in total. The average Bonchev–Trinajstić information content (AvgIpc) is 2.67. The van der Waals surface area contributed by atoms with Gasteiger partial charge in [-0.25, -0.2) is 9.78 Å². The molecule has 1 aromatic carbocycles. The summed E-state index contributed by atoms with van der Waals surface area (Å²) in [5.41, 5.74) is -0.349. The van der Waals surface area contributed by atoms with Gasteiger partial charge >= 0.3 is 11.8 Å². The van der Waals surface area contributed by atoms with E-state index in [1.807, 2.05) is 0 Å². The van der Waals surface area contributed by atoms with Gasteiger partial charge in [0, 0.05) is 41.5 Å². The summed E-state index contributed by atoms with van der Waals surface area (Å²) in [6.07, 6.45) is -1.84. The number of nitrogens with zero attached hydrogens (tertiary/aromatic N) is 3. The van der Waals surface area contributed by atoms with Crippen LogP contribution in [0.4, 0.5) is 13.2 Å². The average molecular weight is 399 g/mol. The van der Waals surface area contributed by atoms with Gasteiger partial charge < -0.3 is 9.15 Å². The molecule has 3 heterocycles. The van der Waals surface area contributed by atoms with E-state index in [4.69, 9.17) is 9.15 Å². The number of benzene rings is 1. The van der Waals surface area contributed by atoms with Crippen LogP contribution >= 0.6 is 0 Å². The van der Waals surface area contributed by atoms with Gasteiger partial charge in [0.2, 0.25) is 5.88 Å². The maximum atomic E-state index is 13.3. The Morgan fingerprint density at radius 2 is 1.76 bits per heavy atom. The zero-order valence-corrected chi connectivity index (χ0v) is 14.9. The topological polar surface area (TPSA) is 78.1 Å². The normalized spacial score (nSPS) is 11.6. The van der Waals surface area contributed by atoms with Crippen molar-refractivity contribution in [1.29, 1.82) is 0 Å². The van der Waals surface area contributed by atoms with Crippen molar-refractivity contribution in [3.8, 4) is 23.0 Å². The summed E-state index contributed by atoms with van der Waals surface area (Å²) in [5.74, 6) is -0.285. The number of aromatic nitrogens is 3.